The van der Waals surface area contributed by atoms with Gasteiger partial charge in [0.05, 0.1) is 7.11 Å². The third-order valence-corrected chi connectivity index (χ3v) is 1.75. The van der Waals surface area contributed by atoms with Crippen LogP contribution < -0.4 is 4.74 Å². The van der Waals surface area contributed by atoms with Gasteiger partial charge in [-0.1, -0.05) is 26.8 Å². The van der Waals surface area contributed by atoms with E-state index in [1.807, 2.05) is 19.9 Å². The molecule has 0 spiro atoms. The molecule has 0 aromatic heterocycles. The van der Waals surface area contributed by atoms with Crippen molar-refractivity contribution in [2.75, 3.05) is 7.11 Å². The highest BCUT2D eigenvalue weighted by Crippen LogP contribution is 2.16. The summed E-state index contributed by atoms with van der Waals surface area (Å²) in [6, 6.07) is 6.30. The van der Waals surface area contributed by atoms with E-state index in [1.165, 1.54) is 11.1 Å². The summed E-state index contributed by atoms with van der Waals surface area (Å²) in [6.45, 7) is 8.23. The number of benzene rings is 1. The van der Waals surface area contributed by atoms with Gasteiger partial charge in [-0.05, 0) is 36.6 Å². The van der Waals surface area contributed by atoms with E-state index in [4.69, 9.17) is 4.74 Å². The van der Waals surface area contributed by atoms with E-state index in [-0.39, 0.29) is 0 Å². The van der Waals surface area contributed by atoms with Gasteiger partial charge in [0, 0.05) is 0 Å². The molecule has 0 saturated heterocycles. The second kappa shape index (κ2) is 6.53. The van der Waals surface area contributed by atoms with E-state index in [9.17, 15) is 0 Å². The van der Waals surface area contributed by atoms with Gasteiger partial charge in [0.2, 0.25) is 0 Å². The molecule has 0 bridgehead atoms. The number of hydrogen-bond acceptors (Lipinski definition) is 1. The van der Waals surface area contributed by atoms with E-state index in [1.54, 1.807) is 7.11 Å². The first kappa shape index (κ1) is 12.0. The van der Waals surface area contributed by atoms with Gasteiger partial charge in [0.1, 0.15) is 5.75 Å². The maximum atomic E-state index is 5.14. The van der Waals surface area contributed by atoms with Gasteiger partial charge >= 0.3 is 0 Å². The van der Waals surface area contributed by atoms with Crippen molar-refractivity contribution in [2.24, 2.45) is 0 Å². The van der Waals surface area contributed by atoms with Crippen molar-refractivity contribution in [3.63, 3.8) is 0 Å². The van der Waals surface area contributed by atoms with Crippen LogP contribution in [0.2, 0.25) is 0 Å². The van der Waals surface area contributed by atoms with Crippen LogP contribution in [0.1, 0.15) is 31.9 Å². The molecule has 0 aliphatic heterocycles. The van der Waals surface area contributed by atoms with Crippen LogP contribution in [-0.2, 0) is 6.42 Å². The van der Waals surface area contributed by atoms with Crippen molar-refractivity contribution >= 4 is 0 Å². The summed E-state index contributed by atoms with van der Waals surface area (Å²) in [5.74, 6) is 0.960. The van der Waals surface area contributed by atoms with Gasteiger partial charge in [-0.15, -0.1) is 0 Å². The van der Waals surface area contributed by atoms with Gasteiger partial charge < -0.3 is 4.74 Å². The minimum Gasteiger partial charge on any atom is -0.497 e. The van der Waals surface area contributed by atoms with Crippen molar-refractivity contribution in [3.05, 3.63) is 29.3 Å². The fourth-order valence-electron chi connectivity index (χ4n) is 1.15. The molecule has 1 aromatic carbocycles. The summed E-state index contributed by atoms with van der Waals surface area (Å²) in [6.07, 6.45) is 1.07. The Morgan fingerprint density at radius 3 is 2.23 bits per heavy atom. The minimum absolute atomic E-state index is 0.960. The van der Waals surface area contributed by atoms with Crippen LogP contribution in [0.3, 0.4) is 0 Å². The Morgan fingerprint density at radius 1 is 1.15 bits per heavy atom. The van der Waals surface area contributed by atoms with Gasteiger partial charge in [-0.3, -0.25) is 0 Å². The number of ether oxygens (including phenoxy) is 1. The molecule has 0 radical (unpaired) electrons. The molecule has 1 rings (SSSR count). The van der Waals surface area contributed by atoms with Gasteiger partial charge in [0.15, 0.2) is 0 Å². The zero-order valence-corrected chi connectivity index (χ0v) is 9.35. The Hall–Kier alpha value is -0.980. The van der Waals surface area contributed by atoms with E-state index in [2.05, 4.69) is 26.0 Å². The Bertz CT molecular complexity index is 219. The van der Waals surface area contributed by atoms with E-state index in [0.717, 1.165) is 12.2 Å². The van der Waals surface area contributed by atoms with Gasteiger partial charge in [0.25, 0.3) is 0 Å². The van der Waals surface area contributed by atoms with Crippen LogP contribution >= 0.6 is 0 Å². The van der Waals surface area contributed by atoms with Crippen LogP contribution in [0.25, 0.3) is 0 Å². The van der Waals surface area contributed by atoms with Gasteiger partial charge in [-0.2, -0.15) is 0 Å². The van der Waals surface area contributed by atoms with Crippen molar-refractivity contribution in [1.82, 2.24) is 0 Å². The summed E-state index contributed by atoms with van der Waals surface area (Å²) < 4.78 is 5.14. The molecule has 0 amide bonds. The maximum absolute atomic E-state index is 5.14. The molecule has 74 valence electrons. The van der Waals surface area contributed by atoms with Crippen LogP contribution in [0, 0.1) is 6.92 Å². The summed E-state index contributed by atoms with van der Waals surface area (Å²) in [4.78, 5) is 0. The predicted octanol–water partition coefficient (Wildman–Crippen LogP) is 3.59. The first-order chi connectivity index (χ1) is 6.26. The standard InChI is InChI=1S/C10H14O.C2H6/c1-4-9-5-8(2)6-10(7-9)11-3;1-2/h5-7H,4H2,1-3H3;1-2H3. The van der Waals surface area contributed by atoms with Crippen LogP contribution in [0.5, 0.6) is 5.75 Å². The zero-order valence-electron chi connectivity index (χ0n) is 9.35. The predicted molar refractivity (Wildman–Crippen MR) is 58.5 cm³/mol. The second-order valence-electron chi connectivity index (χ2n) is 2.71. The Balaban J connectivity index is 0.000000671. The number of rotatable bonds is 2. The molecule has 0 aliphatic carbocycles. The molecule has 0 fully saturated rings. The highest BCUT2D eigenvalue weighted by atomic mass is 16.5. The lowest BCUT2D eigenvalue weighted by Crippen LogP contribution is -1.87. The van der Waals surface area contributed by atoms with Crippen LogP contribution in [0.15, 0.2) is 18.2 Å². The molecule has 0 heterocycles. The van der Waals surface area contributed by atoms with Crippen molar-refractivity contribution in [1.29, 1.82) is 0 Å². The smallest absolute Gasteiger partial charge is 0.119 e. The van der Waals surface area contributed by atoms with Crippen molar-refractivity contribution < 1.29 is 4.74 Å². The molecule has 0 atom stereocenters. The van der Waals surface area contributed by atoms with Crippen LogP contribution in [-0.4, -0.2) is 7.11 Å². The summed E-state index contributed by atoms with van der Waals surface area (Å²) in [7, 11) is 1.70. The molecule has 1 aromatic rings. The highest BCUT2D eigenvalue weighted by molar-refractivity contribution is 5.33. The fourth-order valence-corrected chi connectivity index (χ4v) is 1.15. The second-order valence-corrected chi connectivity index (χ2v) is 2.71. The molecule has 13 heavy (non-hydrogen) atoms. The van der Waals surface area contributed by atoms with E-state index >= 15 is 0 Å². The molecule has 0 aliphatic rings. The molecule has 0 N–H and O–H groups in total. The quantitative estimate of drug-likeness (QED) is 0.675. The largest absolute Gasteiger partial charge is 0.497 e. The number of aryl methyl sites for hydroxylation is 2. The highest BCUT2D eigenvalue weighted by Gasteiger charge is 1.95. The first-order valence-electron chi connectivity index (χ1n) is 4.91. The molecule has 1 heteroatoms. The summed E-state index contributed by atoms with van der Waals surface area (Å²) in [5, 5.41) is 0. The lowest BCUT2D eigenvalue weighted by molar-refractivity contribution is 0.414. The lowest BCUT2D eigenvalue weighted by Gasteiger charge is -2.03. The Morgan fingerprint density at radius 2 is 1.77 bits per heavy atom. The molecular weight excluding hydrogens is 160 g/mol. The van der Waals surface area contributed by atoms with Crippen LogP contribution in [0.4, 0.5) is 0 Å². The summed E-state index contributed by atoms with van der Waals surface area (Å²) >= 11 is 0. The Labute approximate surface area is 81.7 Å². The van der Waals surface area contributed by atoms with E-state index < -0.39 is 0 Å². The summed E-state index contributed by atoms with van der Waals surface area (Å²) in [5.41, 5.74) is 2.60. The molecular formula is C12H20O. The maximum Gasteiger partial charge on any atom is 0.119 e. The third kappa shape index (κ3) is 3.97. The lowest BCUT2D eigenvalue weighted by atomic mass is 10.1. The third-order valence-electron chi connectivity index (χ3n) is 1.75. The molecule has 0 saturated carbocycles. The number of hydrogen-bond donors (Lipinski definition) is 0. The molecule has 0 unspecified atom stereocenters. The monoisotopic (exact) mass is 180 g/mol. The molecule has 1 nitrogen and oxygen atoms in total. The SMILES string of the molecule is CC.CCc1cc(C)cc(OC)c1. The van der Waals surface area contributed by atoms with Crippen molar-refractivity contribution in [2.45, 2.75) is 34.1 Å². The van der Waals surface area contributed by atoms with Crippen molar-refractivity contribution in [3.8, 4) is 5.75 Å². The zero-order chi connectivity index (χ0) is 10.3. The first-order valence-corrected chi connectivity index (χ1v) is 4.91. The van der Waals surface area contributed by atoms with E-state index in [0.29, 0.717) is 0 Å². The fraction of sp³-hybridized carbons (Fsp3) is 0.500. The normalized spacial score (nSPS) is 8.69. The minimum atomic E-state index is 0.960. The Kier molecular flexibility index (Phi) is 6.03. The van der Waals surface area contributed by atoms with Gasteiger partial charge in [-0.25, -0.2) is 0 Å². The topological polar surface area (TPSA) is 9.23 Å². The average molecular weight is 180 g/mol. The average Bonchev–Trinajstić information content (AvgIpc) is 2.20. The number of methoxy groups -OCH3 is 1.